The second-order valence-corrected chi connectivity index (χ2v) is 1.68. The summed E-state index contributed by atoms with van der Waals surface area (Å²) in [7, 11) is 0. The summed E-state index contributed by atoms with van der Waals surface area (Å²) in [6.07, 6.45) is 0.911. The van der Waals surface area contributed by atoms with E-state index in [1.165, 1.54) is 0 Å². The molecule has 0 aromatic heterocycles. The Hall–Kier alpha value is -0.120. The molecular weight excluding hydrogens is 108 g/mol. The Morgan fingerprint density at radius 2 is 2.50 bits per heavy atom. The molecular formula is C5H10O3. The third-order valence-corrected chi connectivity index (χ3v) is 0.766. The lowest BCUT2D eigenvalue weighted by molar-refractivity contribution is -0.319. The lowest BCUT2D eigenvalue weighted by Gasteiger charge is -1.95. The Morgan fingerprint density at radius 1 is 1.75 bits per heavy atom. The van der Waals surface area contributed by atoms with Gasteiger partial charge in [-0.1, -0.05) is 6.92 Å². The van der Waals surface area contributed by atoms with Gasteiger partial charge in [0.25, 0.3) is 0 Å². The molecule has 0 aromatic rings. The van der Waals surface area contributed by atoms with Crippen molar-refractivity contribution >= 4 is 0 Å². The van der Waals surface area contributed by atoms with E-state index in [-0.39, 0.29) is 6.29 Å². The first kappa shape index (κ1) is 6.01. The second kappa shape index (κ2) is 3.02. The fourth-order valence-electron chi connectivity index (χ4n) is 0.302. The van der Waals surface area contributed by atoms with Gasteiger partial charge in [0.05, 0.1) is 6.61 Å². The van der Waals surface area contributed by atoms with E-state index in [0.717, 1.165) is 6.42 Å². The molecule has 1 aliphatic heterocycles. The molecule has 0 spiro atoms. The average molecular weight is 118 g/mol. The van der Waals surface area contributed by atoms with Gasteiger partial charge in [0.1, 0.15) is 6.61 Å². The molecule has 0 aliphatic carbocycles. The molecule has 0 radical (unpaired) electrons. The first-order valence-electron chi connectivity index (χ1n) is 2.83. The van der Waals surface area contributed by atoms with Gasteiger partial charge in [-0.15, -0.1) is 0 Å². The molecule has 1 saturated heterocycles. The largest absolute Gasteiger partial charge is 0.342 e. The van der Waals surface area contributed by atoms with Crippen LogP contribution >= 0.6 is 0 Å². The van der Waals surface area contributed by atoms with Crippen molar-refractivity contribution < 1.29 is 14.5 Å². The summed E-state index contributed by atoms with van der Waals surface area (Å²) in [5.41, 5.74) is 0. The first-order chi connectivity index (χ1) is 3.93. The molecule has 0 bridgehead atoms. The molecule has 0 N–H and O–H groups in total. The molecule has 1 unspecified atom stereocenters. The van der Waals surface area contributed by atoms with Crippen molar-refractivity contribution in [2.45, 2.75) is 19.6 Å². The van der Waals surface area contributed by atoms with Crippen LogP contribution in [0.3, 0.4) is 0 Å². The van der Waals surface area contributed by atoms with Crippen LogP contribution in [0.15, 0.2) is 0 Å². The minimum atomic E-state index is -0.0680. The Labute approximate surface area is 48.5 Å². The van der Waals surface area contributed by atoms with Crippen LogP contribution in [0.1, 0.15) is 13.3 Å². The van der Waals surface area contributed by atoms with E-state index in [2.05, 4.69) is 9.78 Å². The number of hydrogen-bond donors (Lipinski definition) is 0. The summed E-state index contributed by atoms with van der Waals surface area (Å²) in [5, 5.41) is 0. The summed E-state index contributed by atoms with van der Waals surface area (Å²) in [6, 6.07) is 0. The van der Waals surface area contributed by atoms with E-state index >= 15 is 0 Å². The van der Waals surface area contributed by atoms with Crippen molar-refractivity contribution in [1.82, 2.24) is 0 Å². The van der Waals surface area contributed by atoms with E-state index in [1.54, 1.807) is 0 Å². The maximum absolute atomic E-state index is 4.71. The van der Waals surface area contributed by atoms with Crippen molar-refractivity contribution in [3.63, 3.8) is 0 Å². The molecule has 1 aliphatic rings. The predicted octanol–water partition coefficient (Wildman–Crippen LogP) is 0.701. The summed E-state index contributed by atoms with van der Waals surface area (Å²) in [4.78, 5) is 9.35. The van der Waals surface area contributed by atoms with E-state index in [0.29, 0.717) is 13.2 Å². The zero-order chi connectivity index (χ0) is 5.82. The summed E-state index contributed by atoms with van der Waals surface area (Å²) < 4.78 is 4.71. The molecule has 1 fully saturated rings. The Kier molecular flexibility index (Phi) is 2.27. The van der Waals surface area contributed by atoms with Crippen LogP contribution in [0.2, 0.25) is 0 Å². The van der Waals surface area contributed by atoms with Crippen LogP contribution in [0.25, 0.3) is 0 Å². The van der Waals surface area contributed by atoms with Gasteiger partial charge in [-0.05, 0) is 6.42 Å². The van der Waals surface area contributed by atoms with Crippen LogP contribution in [-0.4, -0.2) is 19.5 Å². The van der Waals surface area contributed by atoms with Crippen LogP contribution in [0.5, 0.6) is 0 Å². The van der Waals surface area contributed by atoms with Gasteiger partial charge in [0.15, 0.2) is 0 Å². The fraction of sp³-hybridized carbons (Fsp3) is 1.00. The van der Waals surface area contributed by atoms with E-state index < -0.39 is 0 Å². The minimum Gasteiger partial charge on any atom is -0.342 e. The molecule has 3 heteroatoms. The maximum atomic E-state index is 4.71. The number of hydrogen-bond acceptors (Lipinski definition) is 3. The van der Waals surface area contributed by atoms with Crippen LogP contribution < -0.4 is 0 Å². The highest BCUT2D eigenvalue weighted by atomic mass is 17.2. The number of rotatable bonds is 4. The zero-order valence-corrected chi connectivity index (χ0v) is 4.92. The monoisotopic (exact) mass is 118 g/mol. The summed E-state index contributed by atoms with van der Waals surface area (Å²) >= 11 is 0. The molecule has 3 nitrogen and oxygen atoms in total. The molecule has 1 heterocycles. The second-order valence-electron chi connectivity index (χ2n) is 1.68. The Bertz CT molecular complexity index is 60.7. The highest BCUT2D eigenvalue weighted by Gasteiger charge is 2.24. The van der Waals surface area contributed by atoms with Gasteiger partial charge in [-0.3, -0.25) is 0 Å². The van der Waals surface area contributed by atoms with Crippen LogP contribution in [0, 0.1) is 0 Å². The lowest BCUT2D eigenvalue weighted by Crippen LogP contribution is -1.97. The summed E-state index contributed by atoms with van der Waals surface area (Å²) in [5.74, 6) is 0. The highest BCUT2D eigenvalue weighted by Crippen LogP contribution is 2.09. The van der Waals surface area contributed by atoms with Gasteiger partial charge in [0.2, 0.25) is 6.29 Å². The van der Waals surface area contributed by atoms with Crippen LogP contribution in [0.4, 0.5) is 0 Å². The van der Waals surface area contributed by atoms with Gasteiger partial charge < -0.3 is 4.74 Å². The molecule has 0 saturated carbocycles. The van der Waals surface area contributed by atoms with Crippen molar-refractivity contribution in [2.75, 3.05) is 13.2 Å². The number of epoxide rings is 1. The normalized spacial score (nSPS) is 25.9. The van der Waals surface area contributed by atoms with Gasteiger partial charge in [-0.2, -0.15) is 0 Å². The van der Waals surface area contributed by atoms with E-state index in [1.807, 2.05) is 6.92 Å². The minimum absolute atomic E-state index is 0.0680. The molecule has 48 valence electrons. The van der Waals surface area contributed by atoms with Gasteiger partial charge in [-0.25, -0.2) is 9.78 Å². The first-order valence-corrected chi connectivity index (χ1v) is 2.83. The van der Waals surface area contributed by atoms with Crippen molar-refractivity contribution in [3.05, 3.63) is 0 Å². The maximum Gasteiger partial charge on any atom is 0.215 e. The quantitative estimate of drug-likeness (QED) is 0.235. The van der Waals surface area contributed by atoms with Crippen molar-refractivity contribution in [3.8, 4) is 0 Å². The molecule has 1 atom stereocenters. The van der Waals surface area contributed by atoms with Crippen molar-refractivity contribution in [1.29, 1.82) is 0 Å². The molecule has 0 amide bonds. The molecule has 0 aromatic carbocycles. The SMILES string of the molecule is CCCOOC1CO1. The fourth-order valence-corrected chi connectivity index (χ4v) is 0.302. The smallest absolute Gasteiger partial charge is 0.215 e. The summed E-state index contributed by atoms with van der Waals surface area (Å²) in [6.45, 7) is 3.36. The van der Waals surface area contributed by atoms with Gasteiger partial charge >= 0.3 is 0 Å². The molecule has 8 heavy (non-hydrogen) atoms. The van der Waals surface area contributed by atoms with Gasteiger partial charge in [0, 0.05) is 0 Å². The third-order valence-electron chi connectivity index (χ3n) is 0.766. The van der Waals surface area contributed by atoms with E-state index in [4.69, 9.17) is 4.74 Å². The highest BCUT2D eigenvalue weighted by molar-refractivity contribution is 4.50. The Morgan fingerprint density at radius 3 is 3.00 bits per heavy atom. The third kappa shape index (κ3) is 2.26. The topological polar surface area (TPSA) is 31.0 Å². The van der Waals surface area contributed by atoms with Crippen LogP contribution in [-0.2, 0) is 14.5 Å². The lowest BCUT2D eigenvalue weighted by atomic mass is 10.5. The zero-order valence-electron chi connectivity index (χ0n) is 4.92. The van der Waals surface area contributed by atoms with Crippen molar-refractivity contribution in [2.24, 2.45) is 0 Å². The predicted molar refractivity (Wildman–Crippen MR) is 27.1 cm³/mol. The molecule has 1 rings (SSSR count). The number of ether oxygens (including phenoxy) is 1. The standard InChI is InChI=1S/C5H10O3/c1-2-3-7-8-5-4-6-5/h5H,2-4H2,1H3. The average Bonchev–Trinajstić information content (AvgIpc) is 2.51. The van der Waals surface area contributed by atoms with E-state index in [9.17, 15) is 0 Å². The Balaban J connectivity index is 1.74.